The van der Waals surface area contributed by atoms with Gasteiger partial charge >= 0.3 is 0 Å². The molecule has 148 valence electrons. The summed E-state index contributed by atoms with van der Waals surface area (Å²) < 4.78 is 0. The Morgan fingerprint density at radius 1 is 0.923 bits per heavy atom. The van der Waals surface area contributed by atoms with Crippen LogP contribution in [-0.2, 0) is 4.79 Å². The van der Waals surface area contributed by atoms with Gasteiger partial charge in [-0.2, -0.15) is 0 Å². The highest BCUT2D eigenvalue weighted by Gasteiger charge is 2.59. The standard InChI is InChI=1S/C25H42O/c1-17(8-9-18(2)26)21-12-13-22-20-11-10-19-7-5-6-15-24(19,3)23(20)14-16-25(21,22)4/h17,19-23H,5-16H2,1-4H3/t17-,19-,20?,21?,22-,23-,24-,25+/m0/s1. The predicted octanol–water partition coefficient (Wildman–Crippen LogP) is 7.04. The molecule has 0 radical (unpaired) electrons. The SMILES string of the molecule is CC(=O)CC[C@H](C)C1CC[C@H]2C3CC[C@@H]4CCCC[C@]4(C)[C@H]3CC[C@]12C. The fourth-order valence-corrected chi connectivity index (χ4v) is 8.90. The predicted molar refractivity (Wildman–Crippen MR) is 109 cm³/mol. The summed E-state index contributed by atoms with van der Waals surface area (Å²) in [5.41, 5.74) is 1.23. The number of carbonyl (C=O) groups excluding carboxylic acids is 1. The Labute approximate surface area is 162 Å². The van der Waals surface area contributed by atoms with E-state index in [0.717, 1.165) is 48.3 Å². The summed E-state index contributed by atoms with van der Waals surface area (Å²) in [7, 11) is 0. The van der Waals surface area contributed by atoms with Crippen molar-refractivity contribution in [1.82, 2.24) is 0 Å². The first-order chi connectivity index (χ1) is 12.4. The lowest BCUT2D eigenvalue weighted by atomic mass is 9.44. The Bertz CT molecular complexity index is 538. The molecule has 26 heavy (non-hydrogen) atoms. The quantitative estimate of drug-likeness (QED) is 0.526. The van der Waals surface area contributed by atoms with Crippen LogP contribution in [0.25, 0.3) is 0 Å². The summed E-state index contributed by atoms with van der Waals surface area (Å²) in [5.74, 6) is 6.02. The van der Waals surface area contributed by atoms with Crippen molar-refractivity contribution in [1.29, 1.82) is 0 Å². The Morgan fingerprint density at radius 3 is 2.46 bits per heavy atom. The van der Waals surface area contributed by atoms with E-state index >= 15 is 0 Å². The van der Waals surface area contributed by atoms with Crippen molar-refractivity contribution >= 4 is 5.78 Å². The molecule has 4 fully saturated rings. The van der Waals surface area contributed by atoms with Crippen LogP contribution in [0.3, 0.4) is 0 Å². The highest BCUT2D eigenvalue weighted by atomic mass is 16.1. The molecule has 4 aliphatic rings. The van der Waals surface area contributed by atoms with Crippen LogP contribution in [0.4, 0.5) is 0 Å². The van der Waals surface area contributed by atoms with Gasteiger partial charge in [0.1, 0.15) is 5.78 Å². The summed E-state index contributed by atoms with van der Waals surface area (Å²) in [4.78, 5) is 11.5. The van der Waals surface area contributed by atoms with Crippen molar-refractivity contribution in [2.45, 2.75) is 105 Å². The molecule has 0 aliphatic heterocycles. The molecule has 0 amide bonds. The maximum absolute atomic E-state index is 11.5. The monoisotopic (exact) mass is 358 g/mol. The smallest absolute Gasteiger partial charge is 0.129 e. The number of ketones is 1. The van der Waals surface area contributed by atoms with Crippen molar-refractivity contribution in [3.63, 3.8) is 0 Å². The van der Waals surface area contributed by atoms with Crippen LogP contribution in [0.1, 0.15) is 105 Å². The number of hydrogen-bond acceptors (Lipinski definition) is 1. The molecule has 0 aromatic rings. The van der Waals surface area contributed by atoms with E-state index < -0.39 is 0 Å². The maximum atomic E-state index is 11.5. The Balaban J connectivity index is 1.52. The van der Waals surface area contributed by atoms with Crippen LogP contribution >= 0.6 is 0 Å². The zero-order valence-electron chi connectivity index (χ0n) is 17.9. The van der Waals surface area contributed by atoms with Gasteiger partial charge in [-0.25, -0.2) is 0 Å². The summed E-state index contributed by atoms with van der Waals surface area (Å²) in [6.45, 7) is 9.57. The topological polar surface area (TPSA) is 17.1 Å². The average molecular weight is 359 g/mol. The van der Waals surface area contributed by atoms with Crippen LogP contribution in [0.2, 0.25) is 0 Å². The van der Waals surface area contributed by atoms with Gasteiger partial charge in [-0.3, -0.25) is 0 Å². The number of rotatable bonds is 4. The van der Waals surface area contributed by atoms with Crippen molar-refractivity contribution in [2.75, 3.05) is 0 Å². The minimum atomic E-state index is 0.379. The molecule has 4 saturated carbocycles. The molecule has 0 aromatic carbocycles. The van der Waals surface area contributed by atoms with Gasteiger partial charge in [-0.1, -0.05) is 33.6 Å². The number of Topliss-reactive ketones (excluding diaryl/α,β-unsaturated/α-hetero) is 1. The van der Waals surface area contributed by atoms with Gasteiger partial charge in [0.2, 0.25) is 0 Å². The molecule has 0 spiro atoms. The number of fused-ring (bicyclic) bond motifs is 5. The minimum Gasteiger partial charge on any atom is -0.300 e. The molecule has 0 saturated heterocycles. The first kappa shape index (κ1) is 19.0. The average Bonchev–Trinajstić information content (AvgIpc) is 2.96. The van der Waals surface area contributed by atoms with E-state index in [4.69, 9.17) is 0 Å². The van der Waals surface area contributed by atoms with Crippen LogP contribution in [-0.4, -0.2) is 5.78 Å². The molecule has 4 rings (SSSR count). The molecule has 1 heteroatoms. The third kappa shape index (κ3) is 2.91. The summed E-state index contributed by atoms with van der Waals surface area (Å²) in [6, 6.07) is 0. The second kappa shape index (κ2) is 6.93. The van der Waals surface area contributed by atoms with Crippen molar-refractivity contribution < 1.29 is 4.79 Å². The third-order valence-electron chi connectivity index (χ3n) is 10.3. The highest BCUT2D eigenvalue weighted by molar-refractivity contribution is 5.75. The van der Waals surface area contributed by atoms with Crippen LogP contribution in [0, 0.1) is 46.3 Å². The zero-order valence-corrected chi connectivity index (χ0v) is 17.9. The van der Waals surface area contributed by atoms with E-state index in [1.807, 2.05) is 0 Å². The van der Waals surface area contributed by atoms with Gasteiger partial charge in [0.25, 0.3) is 0 Å². The van der Waals surface area contributed by atoms with E-state index in [1.165, 1.54) is 64.2 Å². The molecule has 2 unspecified atom stereocenters. The van der Waals surface area contributed by atoms with Gasteiger partial charge in [-0.15, -0.1) is 0 Å². The van der Waals surface area contributed by atoms with Crippen LogP contribution in [0.15, 0.2) is 0 Å². The number of hydrogen-bond donors (Lipinski definition) is 0. The van der Waals surface area contributed by atoms with Crippen molar-refractivity contribution in [3.05, 3.63) is 0 Å². The molecular weight excluding hydrogens is 316 g/mol. The third-order valence-corrected chi connectivity index (χ3v) is 10.3. The van der Waals surface area contributed by atoms with Gasteiger partial charge in [0.05, 0.1) is 0 Å². The molecule has 0 heterocycles. The maximum Gasteiger partial charge on any atom is 0.129 e. The summed E-state index contributed by atoms with van der Waals surface area (Å²) in [6.07, 6.45) is 16.9. The largest absolute Gasteiger partial charge is 0.300 e. The lowest BCUT2D eigenvalue weighted by Gasteiger charge is -2.61. The molecule has 0 aromatic heterocycles. The second-order valence-corrected chi connectivity index (χ2v) is 11.3. The molecule has 0 N–H and O–H groups in total. The first-order valence-electron chi connectivity index (χ1n) is 11.9. The van der Waals surface area contributed by atoms with E-state index in [0.29, 0.717) is 16.6 Å². The fraction of sp³-hybridized carbons (Fsp3) is 0.960. The first-order valence-corrected chi connectivity index (χ1v) is 11.9. The molecule has 4 aliphatic carbocycles. The molecule has 8 atom stereocenters. The van der Waals surface area contributed by atoms with Gasteiger partial charge in [0, 0.05) is 6.42 Å². The van der Waals surface area contributed by atoms with E-state index in [2.05, 4.69) is 20.8 Å². The molecule has 0 bridgehead atoms. The second-order valence-electron chi connectivity index (χ2n) is 11.3. The molecule has 1 nitrogen and oxygen atoms in total. The number of carbonyl (C=O) groups is 1. The van der Waals surface area contributed by atoms with Crippen LogP contribution in [0.5, 0.6) is 0 Å². The zero-order chi connectivity index (χ0) is 18.5. The Morgan fingerprint density at radius 2 is 1.69 bits per heavy atom. The molecular formula is C25H42O. The van der Waals surface area contributed by atoms with E-state index in [-0.39, 0.29) is 0 Å². The summed E-state index contributed by atoms with van der Waals surface area (Å²) in [5, 5.41) is 0. The minimum absolute atomic E-state index is 0.379. The van der Waals surface area contributed by atoms with Gasteiger partial charge < -0.3 is 4.79 Å². The van der Waals surface area contributed by atoms with Gasteiger partial charge in [-0.05, 0) is 111 Å². The fourth-order valence-electron chi connectivity index (χ4n) is 8.90. The lowest BCUT2D eigenvalue weighted by Crippen LogP contribution is -2.53. The van der Waals surface area contributed by atoms with E-state index in [9.17, 15) is 4.79 Å². The normalized spacial score (nSPS) is 49.0. The van der Waals surface area contributed by atoms with E-state index in [1.54, 1.807) is 6.92 Å². The summed E-state index contributed by atoms with van der Waals surface area (Å²) >= 11 is 0. The Kier molecular flexibility index (Phi) is 5.06. The van der Waals surface area contributed by atoms with Crippen molar-refractivity contribution in [3.8, 4) is 0 Å². The Hall–Kier alpha value is -0.330. The van der Waals surface area contributed by atoms with Crippen molar-refractivity contribution in [2.24, 2.45) is 46.3 Å². The van der Waals surface area contributed by atoms with Crippen LogP contribution < -0.4 is 0 Å². The van der Waals surface area contributed by atoms with Gasteiger partial charge in [0.15, 0.2) is 0 Å². The lowest BCUT2D eigenvalue weighted by molar-refractivity contribution is -0.119. The highest BCUT2D eigenvalue weighted by Crippen LogP contribution is 2.68.